The molecule has 0 aliphatic carbocycles. The van der Waals surface area contributed by atoms with Gasteiger partial charge in [-0.15, -0.1) is 0 Å². The number of pyridine rings is 1. The second kappa shape index (κ2) is 5.86. The van der Waals surface area contributed by atoms with E-state index in [1.807, 2.05) is 12.1 Å². The number of hydrogen-bond acceptors (Lipinski definition) is 4. The Kier molecular flexibility index (Phi) is 4.22. The molecule has 2 aliphatic heterocycles. The smallest absolute Gasteiger partial charge is 0.211 e. The Hall–Kier alpha value is -1.05. The molecule has 1 aromatic heterocycles. The van der Waals surface area contributed by atoms with Crippen LogP contribution in [0.5, 0.6) is 0 Å². The number of alkyl halides is 1. The molecule has 3 heterocycles. The number of aromatic nitrogens is 1. The molecule has 0 unspecified atom stereocenters. The van der Waals surface area contributed by atoms with Gasteiger partial charge in [0.1, 0.15) is 6.17 Å². The van der Waals surface area contributed by atoms with E-state index in [0.717, 1.165) is 18.7 Å². The molecule has 5 nitrogen and oxygen atoms in total. The number of halogens is 1. The SMILES string of the molecule is CS(=O)(=O)N1CC[C@@H](F)[C@]2(CCN(Cc3ccncc3)C2)C1. The summed E-state index contributed by atoms with van der Waals surface area (Å²) in [6.07, 6.45) is 4.81. The van der Waals surface area contributed by atoms with Crippen molar-refractivity contribution in [3.63, 3.8) is 0 Å². The molecule has 2 aliphatic rings. The number of hydrogen-bond donors (Lipinski definition) is 0. The van der Waals surface area contributed by atoms with Gasteiger partial charge in [0.15, 0.2) is 0 Å². The van der Waals surface area contributed by atoms with Crippen LogP contribution < -0.4 is 0 Å². The zero-order valence-corrected chi connectivity index (χ0v) is 13.6. The quantitative estimate of drug-likeness (QED) is 0.839. The summed E-state index contributed by atoms with van der Waals surface area (Å²) in [4.78, 5) is 6.22. The van der Waals surface area contributed by atoms with Gasteiger partial charge in [0.05, 0.1) is 6.26 Å². The van der Waals surface area contributed by atoms with Crippen molar-refractivity contribution in [2.75, 3.05) is 32.4 Å². The number of nitrogens with zero attached hydrogens (tertiary/aromatic N) is 3. The van der Waals surface area contributed by atoms with Crippen molar-refractivity contribution < 1.29 is 12.8 Å². The summed E-state index contributed by atoms with van der Waals surface area (Å²) in [5, 5.41) is 0. The van der Waals surface area contributed by atoms with Crippen molar-refractivity contribution >= 4 is 10.0 Å². The maximum Gasteiger partial charge on any atom is 0.211 e. The summed E-state index contributed by atoms with van der Waals surface area (Å²) in [5.74, 6) is 0. The van der Waals surface area contributed by atoms with Gasteiger partial charge in [0, 0.05) is 44.0 Å². The number of piperidine rings is 1. The Morgan fingerprint density at radius 3 is 2.73 bits per heavy atom. The highest BCUT2D eigenvalue weighted by Gasteiger charge is 2.49. The zero-order valence-electron chi connectivity index (χ0n) is 12.8. The van der Waals surface area contributed by atoms with Gasteiger partial charge in [0.2, 0.25) is 10.0 Å². The lowest BCUT2D eigenvalue weighted by atomic mass is 9.78. The first-order chi connectivity index (χ1) is 10.4. The molecule has 0 aromatic carbocycles. The Balaban J connectivity index is 1.71. The highest BCUT2D eigenvalue weighted by atomic mass is 32.2. The topological polar surface area (TPSA) is 53.5 Å². The van der Waals surface area contributed by atoms with E-state index >= 15 is 0 Å². The third-order valence-electron chi connectivity index (χ3n) is 4.88. The molecule has 2 fully saturated rings. The van der Waals surface area contributed by atoms with Crippen LogP contribution in [0.25, 0.3) is 0 Å². The molecule has 1 spiro atoms. The van der Waals surface area contributed by atoms with Crippen molar-refractivity contribution in [2.24, 2.45) is 5.41 Å². The van der Waals surface area contributed by atoms with Gasteiger partial charge in [-0.2, -0.15) is 0 Å². The molecule has 0 saturated carbocycles. The molecule has 0 amide bonds. The van der Waals surface area contributed by atoms with Crippen LogP contribution in [0.15, 0.2) is 24.5 Å². The van der Waals surface area contributed by atoms with Crippen LogP contribution in [-0.2, 0) is 16.6 Å². The molecule has 2 saturated heterocycles. The molecule has 0 N–H and O–H groups in total. The van der Waals surface area contributed by atoms with Crippen LogP contribution in [-0.4, -0.2) is 61.2 Å². The van der Waals surface area contributed by atoms with Gasteiger partial charge in [0.25, 0.3) is 0 Å². The fourth-order valence-corrected chi connectivity index (χ4v) is 4.55. The minimum atomic E-state index is -3.25. The third-order valence-corrected chi connectivity index (χ3v) is 6.13. The van der Waals surface area contributed by atoms with E-state index in [-0.39, 0.29) is 0 Å². The minimum absolute atomic E-state index is 0.298. The molecular formula is C15H22FN3O2S. The van der Waals surface area contributed by atoms with Crippen LogP contribution in [0.3, 0.4) is 0 Å². The first kappa shape index (κ1) is 15.8. The maximum atomic E-state index is 14.6. The summed E-state index contributed by atoms with van der Waals surface area (Å²) < 4.78 is 39.6. The zero-order chi connectivity index (χ0) is 15.8. The highest BCUT2D eigenvalue weighted by molar-refractivity contribution is 7.88. The Morgan fingerprint density at radius 1 is 1.32 bits per heavy atom. The second-order valence-electron chi connectivity index (χ2n) is 6.53. The molecular weight excluding hydrogens is 305 g/mol. The number of sulfonamides is 1. The number of rotatable bonds is 3. The lowest BCUT2D eigenvalue weighted by Crippen LogP contribution is -2.52. The van der Waals surface area contributed by atoms with E-state index in [2.05, 4.69) is 9.88 Å². The van der Waals surface area contributed by atoms with Crippen LogP contribution in [0.2, 0.25) is 0 Å². The Morgan fingerprint density at radius 2 is 2.05 bits per heavy atom. The van der Waals surface area contributed by atoms with Crippen molar-refractivity contribution in [3.8, 4) is 0 Å². The lowest BCUT2D eigenvalue weighted by molar-refractivity contribution is 0.0417. The largest absolute Gasteiger partial charge is 0.298 e. The molecule has 2 atom stereocenters. The highest BCUT2D eigenvalue weighted by Crippen LogP contribution is 2.42. The molecule has 0 bridgehead atoms. The predicted octanol–water partition coefficient (Wildman–Crippen LogP) is 1.28. The number of likely N-dealkylation sites (tertiary alicyclic amines) is 1. The first-order valence-electron chi connectivity index (χ1n) is 7.60. The molecule has 22 heavy (non-hydrogen) atoms. The Labute approximate surface area is 131 Å². The summed E-state index contributed by atoms with van der Waals surface area (Å²) in [5.41, 5.74) is 0.604. The maximum absolute atomic E-state index is 14.6. The molecule has 0 radical (unpaired) electrons. The monoisotopic (exact) mass is 327 g/mol. The van der Waals surface area contributed by atoms with Gasteiger partial charge in [-0.25, -0.2) is 17.1 Å². The predicted molar refractivity (Wildman–Crippen MR) is 82.5 cm³/mol. The Bertz CT molecular complexity index is 625. The molecule has 122 valence electrons. The van der Waals surface area contributed by atoms with Crippen molar-refractivity contribution in [1.82, 2.24) is 14.2 Å². The first-order valence-corrected chi connectivity index (χ1v) is 9.44. The molecule has 1 aromatic rings. The second-order valence-corrected chi connectivity index (χ2v) is 8.51. The third kappa shape index (κ3) is 3.16. The summed E-state index contributed by atoms with van der Waals surface area (Å²) in [7, 11) is -3.25. The van der Waals surface area contributed by atoms with E-state index in [1.165, 1.54) is 10.6 Å². The van der Waals surface area contributed by atoms with Crippen molar-refractivity contribution in [1.29, 1.82) is 0 Å². The fourth-order valence-electron chi connectivity index (χ4n) is 3.63. The fraction of sp³-hybridized carbons (Fsp3) is 0.667. The van der Waals surface area contributed by atoms with Crippen molar-refractivity contribution in [3.05, 3.63) is 30.1 Å². The summed E-state index contributed by atoms with van der Waals surface area (Å²) in [6, 6.07) is 3.92. The summed E-state index contributed by atoms with van der Waals surface area (Å²) in [6.45, 7) is 2.78. The van der Waals surface area contributed by atoms with Gasteiger partial charge in [-0.3, -0.25) is 9.88 Å². The minimum Gasteiger partial charge on any atom is -0.298 e. The van der Waals surface area contributed by atoms with Crippen LogP contribution in [0.1, 0.15) is 18.4 Å². The van der Waals surface area contributed by atoms with Crippen LogP contribution >= 0.6 is 0 Å². The lowest BCUT2D eigenvalue weighted by Gasteiger charge is -2.41. The van der Waals surface area contributed by atoms with E-state index in [0.29, 0.717) is 32.5 Å². The van der Waals surface area contributed by atoms with E-state index in [4.69, 9.17) is 0 Å². The van der Waals surface area contributed by atoms with E-state index in [9.17, 15) is 12.8 Å². The van der Waals surface area contributed by atoms with Gasteiger partial charge >= 0.3 is 0 Å². The van der Waals surface area contributed by atoms with Crippen LogP contribution in [0, 0.1) is 5.41 Å². The molecule has 3 rings (SSSR count). The normalized spacial score (nSPS) is 30.9. The van der Waals surface area contributed by atoms with Gasteiger partial charge in [-0.05, 0) is 37.1 Å². The standard InChI is InChI=1S/C15H22FN3O2S/c1-22(20,21)19-8-4-14(16)15(12-19)5-9-18(11-15)10-13-2-6-17-7-3-13/h2-3,6-7,14H,4-5,8-12H2,1H3/t14-,15+/m1/s1. The average Bonchev–Trinajstić information content (AvgIpc) is 2.86. The van der Waals surface area contributed by atoms with Crippen LogP contribution in [0.4, 0.5) is 4.39 Å². The van der Waals surface area contributed by atoms with Gasteiger partial charge in [-0.1, -0.05) is 0 Å². The van der Waals surface area contributed by atoms with E-state index in [1.54, 1.807) is 12.4 Å². The van der Waals surface area contributed by atoms with E-state index < -0.39 is 21.6 Å². The van der Waals surface area contributed by atoms with Gasteiger partial charge < -0.3 is 0 Å². The summed E-state index contributed by atoms with van der Waals surface area (Å²) >= 11 is 0. The average molecular weight is 327 g/mol. The molecule has 7 heteroatoms. The van der Waals surface area contributed by atoms with Crippen molar-refractivity contribution in [2.45, 2.75) is 25.6 Å².